The Morgan fingerprint density at radius 1 is 1.13 bits per heavy atom. The molecular weight excluding hydrogens is 233 g/mol. The molecule has 0 atom stereocenters. The lowest BCUT2D eigenvalue weighted by atomic mass is 10.1. The van der Waals surface area contributed by atoms with Crippen molar-refractivity contribution in [3.05, 3.63) is 16.1 Å². The van der Waals surface area contributed by atoms with E-state index in [4.69, 9.17) is 23.2 Å². The maximum absolute atomic E-state index is 6.03. The summed E-state index contributed by atoms with van der Waals surface area (Å²) in [4.78, 5) is 4.29. The molecule has 0 saturated carbocycles. The molecule has 0 spiro atoms. The average Bonchev–Trinajstić information content (AvgIpc) is 2.07. The highest BCUT2D eigenvalue weighted by atomic mass is 35.5. The van der Waals surface area contributed by atoms with Crippen LogP contribution in [0, 0.1) is 0 Å². The molecule has 0 radical (unpaired) electrons. The third-order valence-electron chi connectivity index (χ3n) is 1.66. The van der Waals surface area contributed by atoms with Gasteiger partial charge in [0, 0.05) is 12.6 Å². The lowest BCUT2D eigenvalue weighted by Gasteiger charge is -2.22. The van der Waals surface area contributed by atoms with E-state index in [1.165, 1.54) is 0 Å². The summed E-state index contributed by atoms with van der Waals surface area (Å²) in [6, 6.07) is 1.68. The van der Waals surface area contributed by atoms with Gasteiger partial charge >= 0.3 is 0 Å². The minimum atomic E-state index is -0.0878. The molecule has 0 aliphatic rings. The van der Waals surface area contributed by atoms with Crippen LogP contribution in [0.25, 0.3) is 0 Å². The van der Waals surface area contributed by atoms with Crippen LogP contribution in [0.4, 0.5) is 11.6 Å². The molecule has 3 nitrogen and oxygen atoms in total. The van der Waals surface area contributed by atoms with Crippen molar-refractivity contribution in [2.75, 3.05) is 17.7 Å². The van der Waals surface area contributed by atoms with Crippen molar-refractivity contribution in [3.8, 4) is 0 Å². The summed E-state index contributed by atoms with van der Waals surface area (Å²) in [5.74, 6) is 1.26. The van der Waals surface area contributed by atoms with Crippen LogP contribution in [0.2, 0.25) is 10.0 Å². The van der Waals surface area contributed by atoms with Gasteiger partial charge in [0.1, 0.15) is 11.6 Å². The predicted molar refractivity (Wildman–Crippen MR) is 67.2 cm³/mol. The van der Waals surface area contributed by atoms with E-state index in [1.54, 1.807) is 13.1 Å². The van der Waals surface area contributed by atoms with Crippen molar-refractivity contribution in [1.29, 1.82) is 0 Å². The van der Waals surface area contributed by atoms with E-state index in [2.05, 4.69) is 15.6 Å². The fraction of sp³-hybridized carbons (Fsp3) is 0.500. The highest BCUT2D eigenvalue weighted by molar-refractivity contribution is 6.37. The zero-order chi connectivity index (χ0) is 11.6. The molecule has 0 fully saturated rings. The second-order valence-electron chi connectivity index (χ2n) is 4.27. The van der Waals surface area contributed by atoms with Gasteiger partial charge in [-0.15, -0.1) is 0 Å². The molecular formula is C10H15Cl2N3. The number of nitrogens with one attached hydrogen (secondary N) is 2. The van der Waals surface area contributed by atoms with E-state index in [0.717, 1.165) is 0 Å². The highest BCUT2D eigenvalue weighted by Crippen LogP contribution is 2.30. The Kier molecular flexibility index (Phi) is 3.68. The highest BCUT2D eigenvalue weighted by Gasteiger charge is 2.14. The van der Waals surface area contributed by atoms with Crippen molar-refractivity contribution in [2.24, 2.45) is 0 Å². The van der Waals surface area contributed by atoms with Crippen LogP contribution in [-0.4, -0.2) is 17.6 Å². The first-order chi connectivity index (χ1) is 6.83. The molecule has 0 aliphatic heterocycles. The van der Waals surface area contributed by atoms with E-state index in [1.807, 2.05) is 20.8 Å². The second-order valence-corrected chi connectivity index (χ2v) is 5.09. The van der Waals surface area contributed by atoms with Gasteiger partial charge in [0.05, 0.1) is 10.0 Å². The van der Waals surface area contributed by atoms with Gasteiger partial charge in [-0.3, -0.25) is 0 Å². The molecule has 84 valence electrons. The Labute approximate surface area is 100 Å². The normalized spacial score (nSPS) is 11.3. The van der Waals surface area contributed by atoms with Crippen LogP contribution in [-0.2, 0) is 0 Å². The summed E-state index contributed by atoms with van der Waals surface area (Å²) in [5, 5.41) is 7.15. The molecule has 0 aliphatic carbocycles. The Hall–Kier alpha value is -0.670. The van der Waals surface area contributed by atoms with Crippen LogP contribution in [0.3, 0.4) is 0 Å². The SMILES string of the molecule is CNc1nc(NC(C)(C)C)c(Cl)cc1Cl. The lowest BCUT2D eigenvalue weighted by molar-refractivity contribution is 0.630. The average molecular weight is 248 g/mol. The second kappa shape index (κ2) is 4.45. The summed E-state index contributed by atoms with van der Waals surface area (Å²) < 4.78 is 0. The van der Waals surface area contributed by atoms with Crippen molar-refractivity contribution in [3.63, 3.8) is 0 Å². The predicted octanol–water partition coefficient (Wildman–Crippen LogP) is 3.64. The first-order valence-corrected chi connectivity index (χ1v) is 5.41. The third-order valence-corrected chi connectivity index (χ3v) is 2.24. The van der Waals surface area contributed by atoms with Crippen LogP contribution >= 0.6 is 23.2 Å². The molecule has 2 N–H and O–H groups in total. The van der Waals surface area contributed by atoms with Crippen molar-refractivity contribution < 1.29 is 0 Å². The van der Waals surface area contributed by atoms with Crippen LogP contribution in [0.15, 0.2) is 6.07 Å². The van der Waals surface area contributed by atoms with Crippen molar-refractivity contribution in [1.82, 2.24) is 4.98 Å². The molecule has 0 unspecified atom stereocenters. The molecule has 5 heteroatoms. The summed E-state index contributed by atoms with van der Waals surface area (Å²) in [6.45, 7) is 6.12. The van der Waals surface area contributed by atoms with Crippen molar-refractivity contribution >= 4 is 34.8 Å². The van der Waals surface area contributed by atoms with Gasteiger partial charge in [-0.2, -0.15) is 0 Å². The number of anilines is 2. The van der Waals surface area contributed by atoms with Crippen molar-refractivity contribution in [2.45, 2.75) is 26.3 Å². The van der Waals surface area contributed by atoms with Gasteiger partial charge in [0.25, 0.3) is 0 Å². The minimum Gasteiger partial charge on any atom is -0.372 e. The number of nitrogens with zero attached hydrogens (tertiary/aromatic N) is 1. The molecule has 0 saturated heterocycles. The number of halogens is 2. The van der Waals surface area contributed by atoms with E-state index >= 15 is 0 Å². The number of hydrogen-bond acceptors (Lipinski definition) is 3. The standard InChI is InChI=1S/C10H15Cl2N3/c1-10(2,3)15-9-7(12)5-6(11)8(13-4)14-9/h5H,1-4H3,(H2,13,14,15). The molecule has 1 aromatic heterocycles. The molecule has 1 rings (SSSR count). The first-order valence-electron chi connectivity index (χ1n) is 4.65. The summed E-state index contributed by atoms with van der Waals surface area (Å²) in [7, 11) is 1.77. The smallest absolute Gasteiger partial charge is 0.147 e. The summed E-state index contributed by atoms with van der Waals surface area (Å²) in [6.07, 6.45) is 0. The summed E-state index contributed by atoms with van der Waals surface area (Å²) in [5.41, 5.74) is -0.0878. The maximum atomic E-state index is 6.03. The van der Waals surface area contributed by atoms with E-state index < -0.39 is 0 Å². The molecule has 15 heavy (non-hydrogen) atoms. The maximum Gasteiger partial charge on any atom is 0.147 e. The Morgan fingerprint density at radius 2 is 1.67 bits per heavy atom. The number of hydrogen-bond donors (Lipinski definition) is 2. The van der Waals surface area contributed by atoms with Gasteiger partial charge in [0.2, 0.25) is 0 Å². The van der Waals surface area contributed by atoms with Gasteiger partial charge < -0.3 is 10.6 Å². The zero-order valence-electron chi connectivity index (χ0n) is 9.28. The Balaban J connectivity index is 3.08. The number of rotatable bonds is 2. The van der Waals surface area contributed by atoms with E-state index in [0.29, 0.717) is 21.7 Å². The van der Waals surface area contributed by atoms with Gasteiger partial charge in [-0.25, -0.2) is 4.98 Å². The Morgan fingerprint density at radius 3 is 2.13 bits per heavy atom. The van der Waals surface area contributed by atoms with E-state index in [-0.39, 0.29) is 5.54 Å². The number of pyridine rings is 1. The van der Waals surface area contributed by atoms with Crippen LogP contribution in [0.5, 0.6) is 0 Å². The number of aromatic nitrogens is 1. The quantitative estimate of drug-likeness (QED) is 0.838. The van der Waals surface area contributed by atoms with Gasteiger partial charge in [0.15, 0.2) is 0 Å². The fourth-order valence-electron chi connectivity index (χ4n) is 1.08. The molecule has 1 aromatic rings. The molecule has 0 aromatic carbocycles. The third kappa shape index (κ3) is 3.43. The lowest BCUT2D eigenvalue weighted by Crippen LogP contribution is -2.27. The minimum absolute atomic E-state index is 0.0878. The largest absolute Gasteiger partial charge is 0.372 e. The zero-order valence-corrected chi connectivity index (χ0v) is 10.8. The topological polar surface area (TPSA) is 37.0 Å². The molecule has 1 heterocycles. The molecule has 0 amide bonds. The van der Waals surface area contributed by atoms with Gasteiger partial charge in [-0.05, 0) is 26.8 Å². The Bertz CT molecular complexity index is 358. The van der Waals surface area contributed by atoms with Crippen LogP contribution < -0.4 is 10.6 Å². The van der Waals surface area contributed by atoms with Gasteiger partial charge in [-0.1, -0.05) is 23.2 Å². The van der Waals surface area contributed by atoms with Crippen LogP contribution in [0.1, 0.15) is 20.8 Å². The monoisotopic (exact) mass is 247 g/mol. The fourth-order valence-corrected chi connectivity index (χ4v) is 1.59. The van der Waals surface area contributed by atoms with E-state index in [9.17, 15) is 0 Å². The molecule has 0 bridgehead atoms. The summed E-state index contributed by atoms with van der Waals surface area (Å²) >= 11 is 12.0. The first kappa shape index (κ1) is 12.4.